The summed E-state index contributed by atoms with van der Waals surface area (Å²) in [6.45, 7) is 3.35. The Bertz CT molecular complexity index is 1000. The fourth-order valence-electron chi connectivity index (χ4n) is 4.00. The van der Waals surface area contributed by atoms with Crippen LogP contribution in [0.15, 0.2) is 42.9 Å². The lowest BCUT2D eigenvalue weighted by Crippen LogP contribution is -2.37. The van der Waals surface area contributed by atoms with Gasteiger partial charge in [0, 0.05) is 63.7 Å². The molecular weight excluding hydrogens is 395 g/mol. The number of benzene rings is 1. The Morgan fingerprint density at radius 1 is 1.19 bits per heavy atom. The van der Waals surface area contributed by atoms with Gasteiger partial charge in [-0.15, -0.1) is 0 Å². The van der Waals surface area contributed by atoms with E-state index in [1.807, 2.05) is 44.6 Å². The summed E-state index contributed by atoms with van der Waals surface area (Å²) in [4.78, 5) is 13.8. The highest BCUT2D eigenvalue weighted by Gasteiger charge is 2.26. The van der Waals surface area contributed by atoms with E-state index in [4.69, 9.17) is 9.72 Å². The average Bonchev–Trinajstić information content (AvgIpc) is 3.21. The molecule has 0 radical (unpaired) electrons. The van der Waals surface area contributed by atoms with E-state index in [0.29, 0.717) is 18.3 Å². The van der Waals surface area contributed by atoms with Crippen molar-refractivity contribution < 1.29 is 9.13 Å². The average molecular weight is 425 g/mol. The quantitative estimate of drug-likeness (QED) is 0.580. The molecule has 1 atom stereocenters. The fraction of sp³-hybridized carbons (Fsp3) is 0.435. The number of hydrogen-bond donors (Lipinski definition) is 0. The molecule has 1 saturated heterocycles. The van der Waals surface area contributed by atoms with E-state index in [-0.39, 0.29) is 5.82 Å². The first kappa shape index (κ1) is 21.2. The van der Waals surface area contributed by atoms with Crippen LogP contribution >= 0.6 is 0 Å². The van der Waals surface area contributed by atoms with E-state index in [0.717, 1.165) is 55.2 Å². The number of halogens is 1. The summed E-state index contributed by atoms with van der Waals surface area (Å²) >= 11 is 0. The second-order valence-corrected chi connectivity index (χ2v) is 8.21. The zero-order valence-corrected chi connectivity index (χ0v) is 18.3. The Morgan fingerprint density at radius 3 is 2.71 bits per heavy atom. The largest absolute Gasteiger partial charge is 0.492 e. The van der Waals surface area contributed by atoms with Crippen molar-refractivity contribution in [2.24, 2.45) is 7.05 Å². The van der Waals surface area contributed by atoms with E-state index in [2.05, 4.69) is 15.0 Å². The van der Waals surface area contributed by atoms with E-state index in [9.17, 15) is 4.39 Å². The summed E-state index contributed by atoms with van der Waals surface area (Å²) < 4.78 is 20.7. The molecule has 0 spiro atoms. The van der Waals surface area contributed by atoms with Crippen molar-refractivity contribution in [2.45, 2.75) is 18.8 Å². The molecule has 31 heavy (non-hydrogen) atoms. The molecule has 0 unspecified atom stereocenters. The number of anilines is 1. The van der Waals surface area contributed by atoms with Gasteiger partial charge < -0.3 is 9.64 Å². The predicted octanol–water partition coefficient (Wildman–Crippen LogP) is 3.34. The number of piperidine rings is 1. The molecule has 0 bridgehead atoms. The molecule has 4 rings (SSSR count). The van der Waals surface area contributed by atoms with Gasteiger partial charge in [-0.05, 0) is 43.7 Å². The maximum absolute atomic E-state index is 13.1. The van der Waals surface area contributed by atoms with Crippen LogP contribution in [-0.2, 0) is 7.05 Å². The molecule has 1 aromatic carbocycles. The minimum atomic E-state index is -0.252. The van der Waals surface area contributed by atoms with Crippen LogP contribution in [0, 0.1) is 5.82 Å². The van der Waals surface area contributed by atoms with Crippen molar-refractivity contribution >= 4 is 5.95 Å². The molecular formula is C23H29FN6O. The fourth-order valence-corrected chi connectivity index (χ4v) is 4.00. The van der Waals surface area contributed by atoms with Gasteiger partial charge in [-0.3, -0.25) is 9.58 Å². The summed E-state index contributed by atoms with van der Waals surface area (Å²) in [7, 11) is 5.84. The van der Waals surface area contributed by atoms with Crippen LogP contribution in [0.25, 0.3) is 11.1 Å². The monoisotopic (exact) mass is 424 g/mol. The summed E-state index contributed by atoms with van der Waals surface area (Å²) in [5.74, 6) is 1.48. The molecule has 8 heteroatoms. The third-order valence-electron chi connectivity index (χ3n) is 5.60. The number of aromatic nitrogens is 4. The van der Waals surface area contributed by atoms with E-state index in [1.54, 1.807) is 16.8 Å². The van der Waals surface area contributed by atoms with Crippen LogP contribution in [0.2, 0.25) is 0 Å². The number of hydrogen-bond acceptors (Lipinski definition) is 6. The van der Waals surface area contributed by atoms with Crippen LogP contribution in [0.1, 0.15) is 24.5 Å². The van der Waals surface area contributed by atoms with E-state index in [1.165, 1.54) is 12.1 Å². The molecule has 0 N–H and O–H groups in total. The molecule has 7 nitrogen and oxygen atoms in total. The second-order valence-electron chi connectivity index (χ2n) is 8.21. The standard InChI is InChI=1S/C23H29FN6O/c1-28(2)23-25-14-21(18-13-26-29(3)15-18)22(27-23)17-5-4-10-30(16-17)11-12-31-20-8-6-19(24)7-9-20/h6-9,13-15,17H,4-5,10-12,16H2,1-3H3/t17-/m0/s1. The molecule has 1 aliphatic rings. The van der Waals surface area contributed by atoms with E-state index >= 15 is 0 Å². The highest BCUT2D eigenvalue weighted by molar-refractivity contribution is 5.65. The third-order valence-corrected chi connectivity index (χ3v) is 5.60. The van der Waals surface area contributed by atoms with Crippen molar-refractivity contribution in [3.63, 3.8) is 0 Å². The number of rotatable bonds is 7. The van der Waals surface area contributed by atoms with Gasteiger partial charge >= 0.3 is 0 Å². The van der Waals surface area contributed by atoms with E-state index < -0.39 is 0 Å². The second kappa shape index (κ2) is 9.43. The van der Waals surface area contributed by atoms with Crippen LogP contribution < -0.4 is 9.64 Å². The maximum atomic E-state index is 13.1. The Labute approximate surface area is 182 Å². The highest BCUT2D eigenvalue weighted by Crippen LogP contribution is 2.33. The molecule has 164 valence electrons. The summed E-state index contributed by atoms with van der Waals surface area (Å²) in [6, 6.07) is 6.17. The summed E-state index contributed by atoms with van der Waals surface area (Å²) in [6.07, 6.45) is 8.00. The van der Waals surface area contributed by atoms with Gasteiger partial charge in [-0.25, -0.2) is 14.4 Å². The lowest BCUT2D eigenvalue weighted by atomic mass is 9.90. The van der Waals surface area contributed by atoms with Gasteiger partial charge in [0.05, 0.1) is 11.9 Å². The smallest absolute Gasteiger partial charge is 0.225 e. The number of aryl methyl sites for hydroxylation is 1. The Morgan fingerprint density at radius 2 is 2.00 bits per heavy atom. The summed E-state index contributed by atoms with van der Waals surface area (Å²) in [5, 5.41) is 4.33. The van der Waals surface area contributed by atoms with Crippen LogP contribution in [0.5, 0.6) is 5.75 Å². The molecule has 1 fully saturated rings. The third kappa shape index (κ3) is 5.19. The lowest BCUT2D eigenvalue weighted by molar-refractivity contribution is 0.169. The van der Waals surface area contributed by atoms with Crippen molar-refractivity contribution in [1.82, 2.24) is 24.6 Å². The molecule has 1 aliphatic heterocycles. The van der Waals surface area contributed by atoms with Crippen molar-refractivity contribution in [3.8, 4) is 16.9 Å². The highest BCUT2D eigenvalue weighted by atomic mass is 19.1. The summed E-state index contributed by atoms with van der Waals surface area (Å²) in [5.41, 5.74) is 3.17. The SMILES string of the molecule is CN(C)c1ncc(-c2cnn(C)c2)c([C@H]2CCCN(CCOc3ccc(F)cc3)C2)n1. The molecule has 2 aromatic heterocycles. The zero-order valence-electron chi connectivity index (χ0n) is 18.3. The first-order valence-electron chi connectivity index (χ1n) is 10.6. The maximum Gasteiger partial charge on any atom is 0.225 e. The number of ether oxygens (including phenoxy) is 1. The Hall–Kier alpha value is -3.00. The van der Waals surface area contributed by atoms with Gasteiger partial charge in [0.2, 0.25) is 5.95 Å². The molecule has 3 aromatic rings. The van der Waals surface area contributed by atoms with Crippen LogP contribution in [0.3, 0.4) is 0 Å². The van der Waals surface area contributed by atoms with Crippen molar-refractivity contribution in [1.29, 1.82) is 0 Å². The number of likely N-dealkylation sites (tertiary alicyclic amines) is 1. The van der Waals surface area contributed by atoms with Gasteiger partial charge in [0.1, 0.15) is 18.2 Å². The Balaban J connectivity index is 1.47. The van der Waals surface area contributed by atoms with Gasteiger partial charge in [-0.1, -0.05) is 0 Å². The van der Waals surface area contributed by atoms with Gasteiger partial charge in [0.15, 0.2) is 0 Å². The Kier molecular flexibility index (Phi) is 6.46. The number of nitrogens with zero attached hydrogens (tertiary/aromatic N) is 6. The van der Waals surface area contributed by atoms with Gasteiger partial charge in [0.25, 0.3) is 0 Å². The molecule has 3 heterocycles. The van der Waals surface area contributed by atoms with Crippen LogP contribution in [-0.4, -0.2) is 65.0 Å². The first-order valence-corrected chi connectivity index (χ1v) is 10.6. The first-order chi connectivity index (χ1) is 15.0. The minimum Gasteiger partial charge on any atom is -0.492 e. The lowest BCUT2D eigenvalue weighted by Gasteiger charge is -2.33. The minimum absolute atomic E-state index is 0.252. The van der Waals surface area contributed by atoms with Gasteiger partial charge in [-0.2, -0.15) is 5.10 Å². The predicted molar refractivity (Wildman–Crippen MR) is 119 cm³/mol. The topological polar surface area (TPSA) is 59.3 Å². The van der Waals surface area contributed by atoms with Crippen molar-refractivity contribution in [2.75, 3.05) is 45.2 Å². The van der Waals surface area contributed by atoms with Crippen LogP contribution in [0.4, 0.5) is 10.3 Å². The molecule has 0 amide bonds. The molecule has 0 saturated carbocycles. The molecule has 0 aliphatic carbocycles. The zero-order chi connectivity index (χ0) is 21.8. The van der Waals surface area contributed by atoms with Crippen molar-refractivity contribution in [3.05, 3.63) is 54.4 Å². The normalized spacial score (nSPS) is 17.0.